The summed E-state index contributed by atoms with van der Waals surface area (Å²) >= 11 is 7.11. The van der Waals surface area contributed by atoms with E-state index in [0.29, 0.717) is 20.2 Å². The van der Waals surface area contributed by atoms with Gasteiger partial charge in [-0.15, -0.1) is 0 Å². The van der Waals surface area contributed by atoms with E-state index in [1.54, 1.807) is 12.1 Å². The van der Waals surface area contributed by atoms with Crippen LogP contribution in [0.3, 0.4) is 0 Å². The monoisotopic (exact) mass is 352 g/mol. The molecule has 2 heterocycles. The molecule has 0 aliphatic carbocycles. The maximum atomic E-state index is 12.8. The number of benzene rings is 2. The molecule has 0 unspecified atom stereocenters. The van der Waals surface area contributed by atoms with E-state index in [4.69, 9.17) is 11.6 Å². The lowest BCUT2D eigenvalue weighted by molar-refractivity contribution is -0.137. The minimum absolute atomic E-state index is 0.560. The van der Waals surface area contributed by atoms with Gasteiger partial charge in [0.25, 0.3) is 0 Å². The van der Waals surface area contributed by atoms with Crippen LogP contribution in [-0.4, -0.2) is 9.38 Å². The molecular formula is C16H8ClF3N2S. The molecule has 0 aliphatic heterocycles. The van der Waals surface area contributed by atoms with Crippen LogP contribution in [0.1, 0.15) is 5.56 Å². The van der Waals surface area contributed by atoms with E-state index in [-0.39, 0.29) is 0 Å². The quantitative estimate of drug-likeness (QED) is 0.417. The molecule has 2 nitrogen and oxygen atoms in total. The fourth-order valence-electron chi connectivity index (χ4n) is 2.44. The van der Waals surface area contributed by atoms with Gasteiger partial charge in [-0.05, 0) is 30.3 Å². The lowest BCUT2D eigenvalue weighted by Gasteiger charge is -2.05. The number of hydrogen-bond acceptors (Lipinski definition) is 2. The van der Waals surface area contributed by atoms with Gasteiger partial charge in [0.2, 0.25) is 0 Å². The predicted octanol–water partition coefficient (Wildman–Crippen LogP) is 5.89. The molecule has 0 amide bonds. The summed E-state index contributed by atoms with van der Waals surface area (Å²) in [5.74, 6) is 0. The van der Waals surface area contributed by atoms with Gasteiger partial charge in [-0.3, -0.25) is 4.40 Å². The number of nitrogens with zero attached hydrogens (tertiary/aromatic N) is 2. The van der Waals surface area contributed by atoms with Crippen LogP contribution in [0.5, 0.6) is 0 Å². The summed E-state index contributed by atoms with van der Waals surface area (Å²) in [6.45, 7) is 0. The van der Waals surface area contributed by atoms with E-state index in [2.05, 4.69) is 4.98 Å². The molecule has 0 fully saturated rings. The Morgan fingerprint density at radius 2 is 1.78 bits per heavy atom. The zero-order valence-corrected chi connectivity index (χ0v) is 13.0. The molecule has 0 saturated heterocycles. The molecule has 2 aromatic carbocycles. The molecule has 2 aromatic heterocycles. The molecule has 0 bridgehead atoms. The van der Waals surface area contributed by atoms with Gasteiger partial charge >= 0.3 is 6.18 Å². The molecule has 0 atom stereocenters. The first-order valence-corrected chi connectivity index (χ1v) is 7.86. The molecule has 0 aliphatic rings. The van der Waals surface area contributed by atoms with Gasteiger partial charge in [-0.1, -0.05) is 35.1 Å². The number of hydrogen-bond donors (Lipinski definition) is 0. The Hall–Kier alpha value is -2.05. The molecule has 7 heteroatoms. The van der Waals surface area contributed by atoms with Gasteiger partial charge in [0.15, 0.2) is 4.96 Å². The zero-order chi connectivity index (χ0) is 16.2. The van der Waals surface area contributed by atoms with Crippen molar-refractivity contribution in [1.82, 2.24) is 9.38 Å². The molecule has 4 rings (SSSR count). The van der Waals surface area contributed by atoms with Crippen LogP contribution in [0, 0.1) is 0 Å². The smallest absolute Gasteiger partial charge is 0.290 e. The number of rotatable bonds is 1. The average molecular weight is 353 g/mol. The van der Waals surface area contributed by atoms with Crippen molar-refractivity contribution in [1.29, 1.82) is 0 Å². The van der Waals surface area contributed by atoms with Crippen molar-refractivity contribution in [3.8, 4) is 11.3 Å². The lowest BCUT2D eigenvalue weighted by atomic mass is 10.2. The Kier molecular flexibility index (Phi) is 3.14. The fraction of sp³-hybridized carbons (Fsp3) is 0.0625. The highest BCUT2D eigenvalue weighted by Gasteiger charge is 2.30. The number of halogens is 4. The van der Waals surface area contributed by atoms with Crippen LogP contribution in [0.25, 0.3) is 26.4 Å². The minimum atomic E-state index is -4.34. The molecule has 4 aromatic rings. The Balaban J connectivity index is 1.86. The maximum Gasteiger partial charge on any atom is 0.416 e. The topological polar surface area (TPSA) is 17.3 Å². The predicted molar refractivity (Wildman–Crippen MR) is 86.0 cm³/mol. The highest BCUT2D eigenvalue weighted by atomic mass is 35.5. The normalized spacial score (nSPS) is 12.3. The second-order valence-electron chi connectivity index (χ2n) is 5.07. The maximum absolute atomic E-state index is 12.8. The number of aromatic nitrogens is 2. The standard InChI is InChI=1S/C16H8ClF3N2S/c17-11-4-1-9(2-5-11)12-8-22-13-6-3-10(16(18,19)20)7-14(13)23-15(22)21-12/h1-8H. The van der Waals surface area contributed by atoms with Crippen LogP contribution < -0.4 is 0 Å². The van der Waals surface area contributed by atoms with Crippen LogP contribution in [0.2, 0.25) is 5.02 Å². The van der Waals surface area contributed by atoms with Crippen molar-refractivity contribution in [2.45, 2.75) is 6.18 Å². The van der Waals surface area contributed by atoms with E-state index in [1.165, 1.54) is 17.4 Å². The number of thiazole rings is 1. The van der Waals surface area contributed by atoms with Crippen LogP contribution in [0.4, 0.5) is 13.2 Å². The van der Waals surface area contributed by atoms with Gasteiger partial charge < -0.3 is 0 Å². The highest BCUT2D eigenvalue weighted by Crippen LogP contribution is 2.35. The first-order chi connectivity index (χ1) is 10.9. The van der Waals surface area contributed by atoms with E-state index in [0.717, 1.165) is 23.4 Å². The lowest BCUT2D eigenvalue weighted by Crippen LogP contribution is -2.03. The van der Waals surface area contributed by atoms with Crippen molar-refractivity contribution >= 4 is 38.1 Å². The van der Waals surface area contributed by atoms with Crippen molar-refractivity contribution in [2.75, 3.05) is 0 Å². The van der Waals surface area contributed by atoms with Gasteiger partial charge in [-0.2, -0.15) is 13.2 Å². The van der Waals surface area contributed by atoms with Crippen molar-refractivity contribution < 1.29 is 13.2 Å². The number of alkyl halides is 3. The first-order valence-electron chi connectivity index (χ1n) is 6.66. The summed E-state index contributed by atoms with van der Waals surface area (Å²) in [5.41, 5.74) is 1.73. The SMILES string of the molecule is FC(F)(F)c1ccc2c(c1)sc1nc(-c3ccc(Cl)cc3)cn12. The Morgan fingerprint density at radius 1 is 1.04 bits per heavy atom. The third-order valence-electron chi connectivity index (χ3n) is 3.56. The van der Waals surface area contributed by atoms with Crippen molar-refractivity contribution in [3.63, 3.8) is 0 Å². The van der Waals surface area contributed by atoms with Gasteiger partial charge in [0.05, 0.1) is 21.5 Å². The fourth-order valence-corrected chi connectivity index (χ4v) is 3.61. The zero-order valence-electron chi connectivity index (χ0n) is 11.4. The van der Waals surface area contributed by atoms with E-state index < -0.39 is 11.7 Å². The minimum Gasteiger partial charge on any atom is -0.290 e. The molecule has 0 radical (unpaired) electrons. The van der Waals surface area contributed by atoms with Gasteiger partial charge in [0.1, 0.15) is 0 Å². The molecule has 0 saturated carbocycles. The molecule has 0 N–H and O–H groups in total. The van der Waals surface area contributed by atoms with E-state index in [9.17, 15) is 13.2 Å². The second-order valence-corrected chi connectivity index (χ2v) is 6.51. The number of fused-ring (bicyclic) bond motifs is 3. The Bertz CT molecular complexity index is 1020. The molecule has 116 valence electrons. The third-order valence-corrected chi connectivity index (χ3v) is 4.83. The molecule has 0 spiro atoms. The first kappa shape index (κ1) is 14.5. The average Bonchev–Trinajstić information content (AvgIpc) is 3.04. The summed E-state index contributed by atoms with van der Waals surface area (Å²) in [6.07, 6.45) is -2.51. The highest BCUT2D eigenvalue weighted by molar-refractivity contribution is 7.23. The summed E-state index contributed by atoms with van der Waals surface area (Å²) in [5, 5.41) is 0.639. The van der Waals surface area contributed by atoms with Crippen molar-refractivity contribution in [3.05, 3.63) is 59.2 Å². The largest absolute Gasteiger partial charge is 0.416 e. The Labute approximate surface area is 137 Å². The van der Waals surface area contributed by atoms with Crippen LogP contribution in [-0.2, 0) is 6.18 Å². The molecule has 23 heavy (non-hydrogen) atoms. The van der Waals surface area contributed by atoms with Crippen LogP contribution >= 0.6 is 22.9 Å². The third kappa shape index (κ3) is 2.48. The van der Waals surface area contributed by atoms with Gasteiger partial charge in [0, 0.05) is 16.8 Å². The van der Waals surface area contributed by atoms with Crippen LogP contribution in [0.15, 0.2) is 48.7 Å². The van der Waals surface area contributed by atoms with Crippen molar-refractivity contribution in [2.24, 2.45) is 0 Å². The van der Waals surface area contributed by atoms with E-state index in [1.807, 2.05) is 22.7 Å². The Morgan fingerprint density at radius 3 is 2.48 bits per heavy atom. The van der Waals surface area contributed by atoms with Gasteiger partial charge in [-0.25, -0.2) is 4.98 Å². The summed E-state index contributed by atoms with van der Waals surface area (Å²) < 4.78 is 40.7. The summed E-state index contributed by atoms with van der Waals surface area (Å²) in [4.78, 5) is 5.16. The summed E-state index contributed by atoms with van der Waals surface area (Å²) in [6, 6.07) is 11.0. The summed E-state index contributed by atoms with van der Waals surface area (Å²) in [7, 11) is 0. The molecular weight excluding hydrogens is 345 g/mol. The van der Waals surface area contributed by atoms with E-state index >= 15 is 0 Å². The second kappa shape index (κ2) is 4.97. The number of imidazole rings is 1.